The van der Waals surface area contributed by atoms with Gasteiger partial charge in [-0.1, -0.05) is 18.2 Å². The van der Waals surface area contributed by atoms with Crippen LogP contribution in [0.25, 0.3) is 0 Å². The summed E-state index contributed by atoms with van der Waals surface area (Å²) in [6.07, 6.45) is 2.39. The Kier molecular flexibility index (Phi) is 3.68. The Morgan fingerprint density at radius 1 is 1.24 bits per heavy atom. The zero-order chi connectivity index (χ0) is 14.8. The summed E-state index contributed by atoms with van der Waals surface area (Å²) in [5.74, 6) is -0.138. The molecule has 6 heteroatoms. The fourth-order valence-electron chi connectivity index (χ4n) is 2.64. The van der Waals surface area contributed by atoms with Gasteiger partial charge in [-0.15, -0.1) is 0 Å². The van der Waals surface area contributed by atoms with Gasteiger partial charge in [0.1, 0.15) is 11.8 Å². The Balaban J connectivity index is 1.64. The van der Waals surface area contributed by atoms with Crippen LogP contribution in [0.4, 0.5) is 4.79 Å². The molecule has 0 radical (unpaired) electrons. The van der Waals surface area contributed by atoms with Crippen LogP contribution in [0.3, 0.4) is 0 Å². The van der Waals surface area contributed by atoms with E-state index in [2.05, 4.69) is 10.6 Å². The Hall–Kier alpha value is -2.24. The minimum Gasteiger partial charge on any atom is -0.493 e. The van der Waals surface area contributed by atoms with E-state index in [9.17, 15) is 9.59 Å². The number of benzene rings is 1. The SMILES string of the molecule is O=C(NC1CCOc2ccccc21)NC(C(=O)O)C1CC1. The molecule has 2 amide bonds. The molecule has 1 saturated carbocycles. The molecule has 6 nitrogen and oxygen atoms in total. The second kappa shape index (κ2) is 5.63. The number of hydrogen-bond donors (Lipinski definition) is 3. The molecule has 1 aliphatic carbocycles. The van der Waals surface area contributed by atoms with Crippen molar-refractivity contribution in [3.05, 3.63) is 29.8 Å². The van der Waals surface area contributed by atoms with E-state index in [1.807, 2.05) is 24.3 Å². The largest absolute Gasteiger partial charge is 0.493 e. The van der Waals surface area contributed by atoms with Crippen molar-refractivity contribution in [3.63, 3.8) is 0 Å². The molecule has 0 aromatic heterocycles. The second-order valence-electron chi connectivity index (χ2n) is 5.50. The minimum absolute atomic E-state index is 0.0650. The van der Waals surface area contributed by atoms with Gasteiger partial charge in [0.05, 0.1) is 12.6 Å². The van der Waals surface area contributed by atoms with E-state index in [-0.39, 0.29) is 12.0 Å². The van der Waals surface area contributed by atoms with Gasteiger partial charge in [-0.25, -0.2) is 9.59 Å². The fourth-order valence-corrected chi connectivity index (χ4v) is 2.64. The van der Waals surface area contributed by atoms with Gasteiger partial charge in [-0.2, -0.15) is 0 Å². The quantitative estimate of drug-likeness (QED) is 0.787. The van der Waals surface area contributed by atoms with E-state index < -0.39 is 18.0 Å². The molecular weight excluding hydrogens is 272 g/mol. The van der Waals surface area contributed by atoms with Crippen LogP contribution in [-0.4, -0.2) is 29.8 Å². The smallest absolute Gasteiger partial charge is 0.326 e. The van der Waals surface area contributed by atoms with Gasteiger partial charge >= 0.3 is 12.0 Å². The second-order valence-corrected chi connectivity index (χ2v) is 5.50. The first-order chi connectivity index (χ1) is 10.1. The maximum atomic E-state index is 12.0. The number of ether oxygens (including phenoxy) is 1. The highest BCUT2D eigenvalue weighted by molar-refractivity contribution is 5.83. The van der Waals surface area contributed by atoms with Crippen molar-refractivity contribution < 1.29 is 19.4 Å². The first-order valence-corrected chi connectivity index (χ1v) is 7.16. The molecule has 3 rings (SSSR count). The first kappa shape index (κ1) is 13.7. The first-order valence-electron chi connectivity index (χ1n) is 7.16. The summed E-state index contributed by atoms with van der Waals surface area (Å²) in [6.45, 7) is 0.535. The van der Waals surface area contributed by atoms with E-state index in [4.69, 9.17) is 9.84 Å². The molecule has 1 aromatic carbocycles. The molecule has 0 spiro atoms. The highest BCUT2D eigenvalue weighted by atomic mass is 16.5. The highest BCUT2D eigenvalue weighted by Gasteiger charge is 2.37. The molecule has 1 fully saturated rings. The van der Waals surface area contributed by atoms with E-state index >= 15 is 0 Å². The van der Waals surface area contributed by atoms with Gasteiger partial charge in [0.15, 0.2) is 0 Å². The molecule has 1 aliphatic heterocycles. The highest BCUT2D eigenvalue weighted by Crippen LogP contribution is 2.33. The third kappa shape index (κ3) is 3.09. The number of nitrogens with one attached hydrogen (secondary N) is 2. The average molecular weight is 290 g/mol. The predicted octanol–water partition coefficient (Wildman–Crippen LogP) is 1.67. The van der Waals surface area contributed by atoms with Gasteiger partial charge in [0.2, 0.25) is 0 Å². The topological polar surface area (TPSA) is 87.7 Å². The van der Waals surface area contributed by atoms with Crippen LogP contribution in [-0.2, 0) is 4.79 Å². The molecule has 0 bridgehead atoms. The number of rotatable bonds is 4. The maximum Gasteiger partial charge on any atom is 0.326 e. The number of fused-ring (bicyclic) bond motifs is 1. The van der Waals surface area contributed by atoms with E-state index in [0.717, 1.165) is 24.2 Å². The Labute approximate surface area is 122 Å². The lowest BCUT2D eigenvalue weighted by Crippen LogP contribution is -2.48. The molecule has 2 unspecified atom stereocenters. The lowest BCUT2D eigenvalue weighted by molar-refractivity contribution is -0.139. The molecule has 2 atom stereocenters. The number of aliphatic carboxylic acids is 1. The summed E-state index contributed by atoms with van der Waals surface area (Å²) in [6, 6.07) is 6.18. The molecule has 21 heavy (non-hydrogen) atoms. The molecule has 2 aliphatic rings. The minimum atomic E-state index is -0.972. The van der Waals surface area contributed by atoms with Gasteiger partial charge in [0.25, 0.3) is 0 Å². The zero-order valence-corrected chi connectivity index (χ0v) is 11.5. The number of carboxylic acids is 1. The van der Waals surface area contributed by atoms with Gasteiger partial charge < -0.3 is 20.5 Å². The van der Waals surface area contributed by atoms with Crippen molar-refractivity contribution in [3.8, 4) is 5.75 Å². The van der Waals surface area contributed by atoms with E-state index in [1.54, 1.807) is 0 Å². The third-order valence-electron chi connectivity index (χ3n) is 3.91. The number of carbonyl (C=O) groups excluding carboxylic acids is 1. The Morgan fingerprint density at radius 2 is 2.00 bits per heavy atom. The summed E-state index contributed by atoms with van der Waals surface area (Å²) >= 11 is 0. The predicted molar refractivity (Wildman–Crippen MR) is 75.1 cm³/mol. The van der Waals surface area contributed by atoms with Crippen LogP contribution >= 0.6 is 0 Å². The number of amides is 2. The van der Waals surface area contributed by atoms with Crippen molar-refractivity contribution in [1.82, 2.24) is 10.6 Å². The number of para-hydroxylation sites is 1. The van der Waals surface area contributed by atoms with E-state index in [1.165, 1.54) is 0 Å². The van der Waals surface area contributed by atoms with Crippen LogP contribution in [0.15, 0.2) is 24.3 Å². The fraction of sp³-hybridized carbons (Fsp3) is 0.467. The molecule has 1 aromatic rings. The van der Waals surface area contributed by atoms with Crippen molar-refractivity contribution in [2.45, 2.75) is 31.3 Å². The van der Waals surface area contributed by atoms with Crippen LogP contribution in [0.1, 0.15) is 30.9 Å². The Bertz CT molecular complexity index is 556. The van der Waals surface area contributed by atoms with Gasteiger partial charge in [0, 0.05) is 12.0 Å². The number of carbonyl (C=O) groups is 2. The monoisotopic (exact) mass is 290 g/mol. The molecule has 0 saturated heterocycles. The normalized spacial score (nSPS) is 21.6. The van der Waals surface area contributed by atoms with Crippen molar-refractivity contribution in [1.29, 1.82) is 0 Å². The summed E-state index contributed by atoms with van der Waals surface area (Å²) in [5, 5.41) is 14.5. The number of hydrogen-bond acceptors (Lipinski definition) is 3. The lowest BCUT2D eigenvalue weighted by atomic mass is 10.0. The molecular formula is C15H18N2O4. The lowest BCUT2D eigenvalue weighted by Gasteiger charge is -2.27. The van der Waals surface area contributed by atoms with Crippen LogP contribution in [0.5, 0.6) is 5.75 Å². The third-order valence-corrected chi connectivity index (χ3v) is 3.91. The summed E-state index contributed by atoms with van der Waals surface area (Å²) < 4.78 is 5.54. The molecule has 112 valence electrons. The standard InChI is InChI=1S/C15H18N2O4/c18-14(19)13(9-5-6-9)17-15(20)16-11-7-8-21-12-4-2-1-3-10(11)12/h1-4,9,11,13H,5-8H2,(H,18,19)(H2,16,17,20). The van der Waals surface area contributed by atoms with Crippen LogP contribution in [0, 0.1) is 5.92 Å². The molecule has 1 heterocycles. The van der Waals surface area contributed by atoms with Crippen LogP contribution < -0.4 is 15.4 Å². The molecule has 3 N–H and O–H groups in total. The zero-order valence-electron chi connectivity index (χ0n) is 11.5. The summed E-state index contributed by atoms with van der Waals surface area (Å²) in [5.41, 5.74) is 0.928. The van der Waals surface area contributed by atoms with Crippen molar-refractivity contribution in [2.24, 2.45) is 5.92 Å². The van der Waals surface area contributed by atoms with Crippen molar-refractivity contribution in [2.75, 3.05) is 6.61 Å². The van der Waals surface area contributed by atoms with Gasteiger partial charge in [-0.05, 0) is 24.8 Å². The van der Waals surface area contributed by atoms with Crippen LogP contribution in [0.2, 0.25) is 0 Å². The van der Waals surface area contributed by atoms with E-state index in [0.29, 0.717) is 13.0 Å². The average Bonchev–Trinajstić information content (AvgIpc) is 3.29. The van der Waals surface area contributed by atoms with Gasteiger partial charge in [-0.3, -0.25) is 0 Å². The number of urea groups is 1. The summed E-state index contributed by atoms with van der Waals surface area (Å²) in [4.78, 5) is 23.2. The number of carboxylic acid groups (broad SMARTS) is 1. The maximum absolute atomic E-state index is 12.0. The summed E-state index contributed by atoms with van der Waals surface area (Å²) in [7, 11) is 0. The van der Waals surface area contributed by atoms with Crippen molar-refractivity contribution >= 4 is 12.0 Å². The Morgan fingerprint density at radius 3 is 2.71 bits per heavy atom.